The molecule has 8 aromatic rings. The lowest BCUT2D eigenvalue weighted by molar-refractivity contribution is 0.101. The van der Waals surface area contributed by atoms with Crippen LogP contribution < -0.4 is 31.9 Å². The van der Waals surface area contributed by atoms with Crippen molar-refractivity contribution in [3.8, 4) is 0 Å². The largest absolute Gasteiger partial charge is 0.744 e. The summed E-state index contributed by atoms with van der Waals surface area (Å²) >= 11 is 0. The summed E-state index contributed by atoms with van der Waals surface area (Å²) in [5.74, 6) is -2.73. The average Bonchev–Trinajstić information content (AvgIpc) is 3.34. The monoisotopic (exact) mass is 1100 g/mol. The number of benzene rings is 8. The highest BCUT2D eigenvalue weighted by atomic mass is 32.2. The summed E-state index contributed by atoms with van der Waals surface area (Å²) < 4.78 is 141. The van der Waals surface area contributed by atoms with E-state index in [-0.39, 0.29) is 77.9 Å². The molecule has 6 N–H and O–H groups in total. The van der Waals surface area contributed by atoms with Crippen molar-refractivity contribution in [2.24, 2.45) is 0 Å². The SMILES string of the molecule is O=C(Nc1cccc(C(=O)Nc2cccc(C(=O)Nc3ccc4c(S(=O)(=O)[O-])cc(S(=O)(=O)[O-])cc4c3)c2)c1)Nc1cccc(C(=O)Nc2cccc(C(=O)Nc3ccc4c(S(=O)(=O)[O-])cc(S(=O)(=O)[O-])cc4c3)c2)c1. The lowest BCUT2D eigenvalue weighted by Gasteiger charge is -2.16. The van der Waals surface area contributed by atoms with Crippen LogP contribution in [0.4, 0.5) is 38.9 Å². The van der Waals surface area contributed by atoms with E-state index in [4.69, 9.17) is 0 Å². The van der Waals surface area contributed by atoms with Gasteiger partial charge in [0.05, 0.1) is 19.6 Å². The first kappa shape index (κ1) is 53.4. The molecule has 0 aromatic heterocycles. The minimum atomic E-state index is -5.21. The Bertz CT molecular complexity index is 3980. The van der Waals surface area contributed by atoms with Crippen LogP contribution in [0.25, 0.3) is 21.5 Å². The number of hydrogen-bond donors (Lipinski definition) is 6. The second-order valence-corrected chi connectivity index (χ2v) is 21.7. The predicted molar refractivity (Wildman–Crippen MR) is 270 cm³/mol. The van der Waals surface area contributed by atoms with Crippen molar-refractivity contribution >= 4 is 126 Å². The van der Waals surface area contributed by atoms with Gasteiger partial charge in [0, 0.05) is 56.4 Å². The van der Waals surface area contributed by atoms with Crippen LogP contribution in [0, 0.1) is 0 Å². The maximum atomic E-state index is 13.3. The van der Waals surface area contributed by atoms with E-state index < -0.39 is 89.7 Å². The number of hydrogen-bond acceptors (Lipinski definition) is 17. The Morgan fingerprint density at radius 3 is 0.855 bits per heavy atom. The molecule has 8 aromatic carbocycles. The molecule has 76 heavy (non-hydrogen) atoms. The molecule has 0 fully saturated rings. The Hall–Kier alpha value is -8.93. The fourth-order valence-electron chi connectivity index (χ4n) is 7.53. The first-order chi connectivity index (χ1) is 35.7. The predicted octanol–water partition coefficient (Wildman–Crippen LogP) is 6.26. The minimum Gasteiger partial charge on any atom is -0.744 e. The molecule has 0 spiro atoms. The molecular formula is C49H32N6O17S4-4. The maximum absolute atomic E-state index is 13.3. The van der Waals surface area contributed by atoms with Crippen molar-refractivity contribution in [2.75, 3.05) is 31.9 Å². The van der Waals surface area contributed by atoms with Crippen LogP contribution in [-0.2, 0) is 40.5 Å². The number of carbonyl (C=O) groups excluding carboxylic acids is 5. The van der Waals surface area contributed by atoms with Gasteiger partial charge < -0.3 is 50.1 Å². The number of amides is 6. The standard InChI is InChI=1S/C49H36N6O17S4/c56-45(50-33-9-1-5-27(17-33)47(58)52-37-13-15-41-31(21-37)23-39(73(61,62)63)25-43(41)75(67,68)69)29-7-3-11-35(19-29)54-49(60)55-36-12-4-8-30(20-36)46(57)51-34-10-2-6-28(18-34)48(59)53-38-14-16-42-32(22-38)24-40(74(64,65)66)26-44(42)76(70,71)72/h1-26H,(H,50,56)(H,51,57)(H,52,58)(H,53,59)(H2,54,55,60)(H,61,62,63)(H,64,65,66)(H,67,68,69)(H,70,71,72)/p-4. The topological polar surface area (TPSA) is 386 Å². The number of rotatable bonds is 14. The quantitative estimate of drug-likeness (QED) is 0.0654. The summed E-state index contributed by atoms with van der Waals surface area (Å²) in [6, 6.07) is 32.0. The lowest BCUT2D eigenvalue weighted by atomic mass is 10.1. The molecule has 0 aliphatic heterocycles. The van der Waals surface area contributed by atoms with Crippen LogP contribution in [0.15, 0.2) is 177 Å². The van der Waals surface area contributed by atoms with E-state index in [2.05, 4.69) is 31.9 Å². The van der Waals surface area contributed by atoms with Gasteiger partial charge in [-0.1, -0.05) is 36.4 Å². The molecule has 8 rings (SSSR count). The van der Waals surface area contributed by atoms with E-state index in [1.807, 2.05) is 0 Å². The summed E-state index contributed by atoms with van der Waals surface area (Å²) in [7, 11) is -20.8. The molecule has 0 saturated heterocycles. The lowest BCUT2D eigenvalue weighted by Crippen LogP contribution is -2.20. The normalized spacial score (nSPS) is 11.8. The Labute approximate surface area is 431 Å². The van der Waals surface area contributed by atoms with Gasteiger partial charge in [0.2, 0.25) is 0 Å². The third-order valence-electron chi connectivity index (χ3n) is 10.9. The van der Waals surface area contributed by atoms with Crippen molar-refractivity contribution in [2.45, 2.75) is 19.6 Å². The van der Waals surface area contributed by atoms with E-state index in [0.29, 0.717) is 12.1 Å². The molecule has 0 heterocycles. The highest BCUT2D eigenvalue weighted by molar-refractivity contribution is 7.87. The Balaban J connectivity index is 0.871. The molecule has 0 atom stereocenters. The van der Waals surface area contributed by atoms with E-state index in [0.717, 1.165) is 24.3 Å². The van der Waals surface area contributed by atoms with Crippen molar-refractivity contribution in [1.82, 2.24) is 0 Å². The van der Waals surface area contributed by atoms with Gasteiger partial charge in [0.25, 0.3) is 23.6 Å². The third-order valence-corrected chi connectivity index (χ3v) is 14.3. The van der Waals surface area contributed by atoms with Gasteiger partial charge in [-0.25, -0.2) is 38.5 Å². The molecule has 23 nitrogen and oxygen atoms in total. The first-order valence-electron chi connectivity index (χ1n) is 21.4. The van der Waals surface area contributed by atoms with Crippen molar-refractivity contribution in [3.63, 3.8) is 0 Å². The average molecular weight is 1110 g/mol. The van der Waals surface area contributed by atoms with Gasteiger partial charge >= 0.3 is 6.03 Å². The van der Waals surface area contributed by atoms with Crippen LogP contribution in [0.3, 0.4) is 0 Å². The van der Waals surface area contributed by atoms with E-state index in [9.17, 15) is 75.9 Å². The third kappa shape index (κ3) is 12.7. The Kier molecular flexibility index (Phi) is 14.6. The van der Waals surface area contributed by atoms with Crippen LogP contribution in [0.2, 0.25) is 0 Å². The summed E-state index contributed by atoms with van der Waals surface area (Å²) in [6.07, 6.45) is 0. The molecule has 0 radical (unpaired) electrons. The first-order valence-corrected chi connectivity index (χ1v) is 27.0. The highest BCUT2D eigenvalue weighted by Gasteiger charge is 2.19. The van der Waals surface area contributed by atoms with Crippen molar-refractivity contribution in [1.29, 1.82) is 0 Å². The number of fused-ring (bicyclic) bond motifs is 2. The molecular weight excluding hydrogens is 1070 g/mol. The maximum Gasteiger partial charge on any atom is 0.323 e. The molecule has 0 unspecified atom stereocenters. The summed E-state index contributed by atoms with van der Waals surface area (Å²) in [5.41, 5.74) is 1.01. The van der Waals surface area contributed by atoms with Gasteiger partial charge in [-0.15, -0.1) is 0 Å². The Morgan fingerprint density at radius 1 is 0.303 bits per heavy atom. The summed E-state index contributed by atoms with van der Waals surface area (Å²) in [6.45, 7) is 0. The number of urea groups is 1. The molecule has 0 saturated carbocycles. The molecule has 27 heteroatoms. The van der Waals surface area contributed by atoms with E-state index in [1.165, 1.54) is 121 Å². The zero-order valence-electron chi connectivity index (χ0n) is 38.1. The fourth-order valence-corrected chi connectivity index (χ4v) is 10.2. The molecule has 388 valence electrons. The molecule has 0 aliphatic rings. The van der Waals surface area contributed by atoms with Gasteiger partial charge in [-0.05, 0) is 143 Å². The van der Waals surface area contributed by atoms with Crippen LogP contribution in [0.5, 0.6) is 0 Å². The molecule has 0 aliphatic carbocycles. The van der Waals surface area contributed by atoms with Crippen molar-refractivity contribution in [3.05, 3.63) is 180 Å². The molecule has 6 amide bonds. The summed E-state index contributed by atoms with van der Waals surface area (Å²) in [5, 5.41) is 14.9. The van der Waals surface area contributed by atoms with Gasteiger partial charge in [0.1, 0.15) is 40.5 Å². The van der Waals surface area contributed by atoms with E-state index in [1.54, 1.807) is 0 Å². The molecule has 0 bridgehead atoms. The minimum absolute atomic E-state index is 0.0336. The number of carbonyl (C=O) groups is 5. The highest BCUT2D eigenvalue weighted by Crippen LogP contribution is 2.32. The number of nitrogens with one attached hydrogen (secondary N) is 6. The van der Waals surface area contributed by atoms with Crippen LogP contribution in [-0.4, -0.2) is 81.5 Å². The van der Waals surface area contributed by atoms with Gasteiger partial charge in [0.15, 0.2) is 0 Å². The van der Waals surface area contributed by atoms with E-state index >= 15 is 0 Å². The fraction of sp³-hybridized carbons (Fsp3) is 0. The zero-order valence-corrected chi connectivity index (χ0v) is 41.4. The van der Waals surface area contributed by atoms with Gasteiger partial charge in [-0.3, -0.25) is 19.2 Å². The zero-order chi connectivity index (χ0) is 54.9. The van der Waals surface area contributed by atoms with Crippen molar-refractivity contribution < 1.29 is 75.9 Å². The van der Waals surface area contributed by atoms with Gasteiger partial charge in [-0.2, -0.15) is 0 Å². The van der Waals surface area contributed by atoms with Crippen LogP contribution in [0.1, 0.15) is 41.4 Å². The Morgan fingerprint density at radius 2 is 0.579 bits per heavy atom. The second kappa shape index (κ2) is 20.8. The summed E-state index contributed by atoms with van der Waals surface area (Å²) in [4.78, 5) is 62.4. The second-order valence-electron chi connectivity index (χ2n) is 16.2. The number of anilines is 6. The van der Waals surface area contributed by atoms with Crippen LogP contribution >= 0.6 is 0 Å². The smallest absolute Gasteiger partial charge is 0.323 e.